The lowest BCUT2D eigenvalue weighted by Crippen LogP contribution is -2.35. The molecular weight excluding hydrogens is 448 g/mol. The van der Waals surface area contributed by atoms with Gasteiger partial charge in [0, 0.05) is 17.7 Å². The van der Waals surface area contributed by atoms with Gasteiger partial charge in [-0.15, -0.1) is 11.8 Å². The molecule has 162 valence electrons. The van der Waals surface area contributed by atoms with E-state index < -0.39 is 11.9 Å². The normalized spacial score (nSPS) is 17.2. The van der Waals surface area contributed by atoms with E-state index in [1.165, 1.54) is 35.0 Å². The van der Waals surface area contributed by atoms with Crippen molar-refractivity contribution in [2.45, 2.75) is 13.3 Å². The van der Waals surface area contributed by atoms with Crippen LogP contribution in [0.15, 0.2) is 68.0 Å². The van der Waals surface area contributed by atoms with Crippen molar-refractivity contribution in [2.75, 3.05) is 5.75 Å². The van der Waals surface area contributed by atoms with Crippen molar-refractivity contribution in [3.05, 3.63) is 64.8 Å². The zero-order valence-corrected chi connectivity index (χ0v) is 18.6. The molecule has 0 atom stereocenters. The SMILES string of the molecule is C/C=C\SCCC1=NN2C(=N)/C(=C/c3ccc(-c4ccc(C(=O)O)cc4)o3)C(=O)N=C2S1. The van der Waals surface area contributed by atoms with Gasteiger partial charge in [0.25, 0.3) is 5.91 Å². The molecule has 0 radical (unpaired) electrons. The lowest BCUT2D eigenvalue weighted by Gasteiger charge is -2.19. The molecule has 32 heavy (non-hydrogen) atoms. The Morgan fingerprint density at radius 2 is 2.06 bits per heavy atom. The molecule has 0 saturated heterocycles. The van der Waals surface area contributed by atoms with Gasteiger partial charge in [0.2, 0.25) is 5.17 Å². The van der Waals surface area contributed by atoms with E-state index in [4.69, 9.17) is 14.9 Å². The predicted molar refractivity (Wildman–Crippen MR) is 128 cm³/mol. The first kappa shape index (κ1) is 21.8. The Morgan fingerprint density at radius 1 is 1.28 bits per heavy atom. The molecule has 2 aliphatic rings. The number of carboxylic acid groups (broad SMARTS) is 1. The van der Waals surface area contributed by atoms with Crippen molar-refractivity contribution in [2.24, 2.45) is 10.1 Å². The van der Waals surface area contributed by atoms with Crippen molar-refractivity contribution >= 4 is 57.5 Å². The number of carbonyl (C=O) groups is 2. The van der Waals surface area contributed by atoms with E-state index in [-0.39, 0.29) is 17.0 Å². The number of nitrogens with zero attached hydrogens (tertiary/aromatic N) is 3. The Morgan fingerprint density at radius 3 is 2.78 bits per heavy atom. The number of thioether (sulfide) groups is 2. The number of aromatic carboxylic acids is 1. The van der Waals surface area contributed by atoms with Crippen molar-refractivity contribution in [3.8, 4) is 11.3 Å². The van der Waals surface area contributed by atoms with Crippen LogP contribution in [-0.4, -0.2) is 43.8 Å². The van der Waals surface area contributed by atoms with Gasteiger partial charge in [0.15, 0.2) is 5.84 Å². The van der Waals surface area contributed by atoms with Gasteiger partial charge in [0.05, 0.1) is 11.1 Å². The summed E-state index contributed by atoms with van der Waals surface area (Å²) in [7, 11) is 0. The second-order valence-electron chi connectivity index (χ2n) is 6.69. The van der Waals surface area contributed by atoms with Gasteiger partial charge in [0.1, 0.15) is 16.6 Å². The number of allylic oxidation sites excluding steroid dienone is 1. The van der Waals surface area contributed by atoms with Gasteiger partial charge in [-0.1, -0.05) is 18.2 Å². The molecular formula is C22H18N4O4S2. The molecule has 0 bridgehead atoms. The van der Waals surface area contributed by atoms with Crippen LogP contribution in [0, 0.1) is 5.41 Å². The summed E-state index contributed by atoms with van der Waals surface area (Å²) in [6.45, 7) is 1.96. The smallest absolute Gasteiger partial charge is 0.335 e. The number of nitrogens with one attached hydrogen (secondary N) is 1. The number of aliphatic imine (C=N–C) groups is 1. The summed E-state index contributed by atoms with van der Waals surface area (Å²) in [5.41, 5.74) is 0.970. The average Bonchev–Trinajstić information content (AvgIpc) is 3.41. The Balaban J connectivity index is 1.51. The fourth-order valence-electron chi connectivity index (χ4n) is 2.95. The maximum Gasteiger partial charge on any atom is 0.335 e. The highest BCUT2D eigenvalue weighted by Crippen LogP contribution is 2.31. The van der Waals surface area contributed by atoms with Gasteiger partial charge in [-0.05, 0) is 54.4 Å². The number of carbonyl (C=O) groups excluding carboxylic acids is 1. The summed E-state index contributed by atoms with van der Waals surface area (Å²) in [6.07, 6.45) is 4.16. The standard InChI is InChI=1S/C22H18N4O4S2/c1-2-10-31-11-9-18-25-26-19(23)16(20(27)24-22(26)32-18)12-15-7-8-17(30-15)13-3-5-14(6-4-13)21(28)29/h2-8,10,12,23H,9,11H2,1H3,(H,28,29)/b10-2-,16-12-,23-19?. The van der Waals surface area contributed by atoms with E-state index in [1.54, 1.807) is 36.0 Å². The van der Waals surface area contributed by atoms with E-state index in [9.17, 15) is 9.59 Å². The van der Waals surface area contributed by atoms with Crippen molar-refractivity contribution in [3.63, 3.8) is 0 Å². The van der Waals surface area contributed by atoms with Crippen molar-refractivity contribution in [1.82, 2.24) is 5.01 Å². The van der Waals surface area contributed by atoms with Gasteiger partial charge < -0.3 is 9.52 Å². The molecule has 2 N–H and O–H groups in total. The Labute approximate surface area is 192 Å². The predicted octanol–water partition coefficient (Wildman–Crippen LogP) is 4.92. The molecule has 4 rings (SSSR count). The molecule has 10 heteroatoms. The molecule has 0 fully saturated rings. The number of carboxylic acids is 1. The monoisotopic (exact) mass is 466 g/mol. The van der Waals surface area contributed by atoms with Gasteiger partial charge >= 0.3 is 5.97 Å². The summed E-state index contributed by atoms with van der Waals surface area (Å²) >= 11 is 2.98. The molecule has 8 nitrogen and oxygen atoms in total. The summed E-state index contributed by atoms with van der Waals surface area (Å²) in [5.74, 6) is 0.184. The summed E-state index contributed by atoms with van der Waals surface area (Å²) < 4.78 is 5.79. The van der Waals surface area contributed by atoms with E-state index in [0.29, 0.717) is 22.3 Å². The van der Waals surface area contributed by atoms with Gasteiger partial charge in [-0.2, -0.15) is 15.1 Å². The Hall–Kier alpha value is -3.37. The number of rotatable bonds is 7. The number of fused-ring (bicyclic) bond motifs is 1. The second-order valence-corrected chi connectivity index (χ2v) is 8.74. The molecule has 2 aromatic rings. The number of hydrogen-bond donors (Lipinski definition) is 2. The third kappa shape index (κ3) is 4.61. The topological polar surface area (TPSA) is 119 Å². The number of furan rings is 1. The molecule has 2 aliphatic heterocycles. The molecule has 0 aliphatic carbocycles. The lowest BCUT2D eigenvalue weighted by molar-refractivity contribution is -0.114. The van der Waals surface area contributed by atoms with Crippen LogP contribution in [0.1, 0.15) is 29.5 Å². The van der Waals surface area contributed by atoms with E-state index in [1.807, 2.05) is 18.4 Å². The third-order valence-electron chi connectivity index (χ3n) is 4.49. The number of amides is 1. The highest BCUT2D eigenvalue weighted by atomic mass is 32.2. The van der Waals surface area contributed by atoms with Crippen LogP contribution < -0.4 is 0 Å². The molecule has 1 aromatic heterocycles. The second kappa shape index (κ2) is 9.41. The number of hydrogen-bond acceptors (Lipinski definition) is 7. The van der Waals surface area contributed by atoms with Gasteiger partial charge in [-0.3, -0.25) is 10.2 Å². The first-order chi connectivity index (χ1) is 15.5. The highest BCUT2D eigenvalue weighted by Gasteiger charge is 2.35. The average molecular weight is 467 g/mol. The van der Waals surface area contributed by atoms with Crippen molar-refractivity contribution < 1.29 is 19.1 Å². The first-order valence-corrected chi connectivity index (χ1v) is 11.5. The molecule has 1 aromatic carbocycles. The zero-order valence-electron chi connectivity index (χ0n) is 16.9. The molecule has 0 unspecified atom stereocenters. The van der Waals surface area contributed by atoms with E-state index in [0.717, 1.165) is 17.2 Å². The van der Waals surface area contributed by atoms with Crippen LogP contribution in [-0.2, 0) is 4.79 Å². The number of hydrazone groups is 1. The maximum atomic E-state index is 12.5. The number of benzene rings is 1. The fraction of sp³-hybridized carbons (Fsp3) is 0.136. The third-order valence-corrected chi connectivity index (χ3v) is 6.36. The fourth-order valence-corrected chi connectivity index (χ4v) is 4.60. The minimum atomic E-state index is -1.00. The summed E-state index contributed by atoms with van der Waals surface area (Å²) in [6, 6.07) is 9.68. The number of amidine groups is 2. The first-order valence-electron chi connectivity index (χ1n) is 9.61. The Kier molecular flexibility index (Phi) is 6.42. The van der Waals surface area contributed by atoms with Crippen LogP contribution in [0.2, 0.25) is 0 Å². The molecule has 1 amide bonds. The minimum Gasteiger partial charge on any atom is -0.478 e. The summed E-state index contributed by atoms with van der Waals surface area (Å²) in [5, 5.41) is 26.5. The van der Waals surface area contributed by atoms with Gasteiger partial charge in [-0.25, -0.2) is 4.79 Å². The molecule has 0 spiro atoms. The zero-order chi connectivity index (χ0) is 22.7. The van der Waals surface area contributed by atoms with Crippen molar-refractivity contribution in [1.29, 1.82) is 5.41 Å². The Bertz CT molecular complexity index is 1210. The largest absolute Gasteiger partial charge is 0.478 e. The maximum absolute atomic E-state index is 12.5. The lowest BCUT2D eigenvalue weighted by atomic mass is 10.1. The van der Waals surface area contributed by atoms with E-state index in [2.05, 4.69) is 10.1 Å². The summed E-state index contributed by atoms with van der Waals surface area (Å²) in [4.78, 5) is 27.6. The van der Waals surface area contributed by atoms with Crippen LogP contribution in [0.5, 0.6) is 0 Å². The highest BCUT2D eigenvalue weighted by molar-refractivity contribution is 8.27. The van der Waals surface area contributed by atoms with Crippen LogP contribution in [0.25, 0.3) is 17.4 Å². The quantitative estimate of drug-likeness (QED) is 0.439. The molecule has 0 saturated carbocycles. The minimum absolute atomic E-state index is 0.0487. The van der Waals surface area contributed by atoms with Crippen LogP contribution >= 0.6 is 23.5 Å². The van der Waals surface area contributed by atoms with E-state index >= 15 is 0 Å². The molecule has 3 heterocycles. The van der Waals surface area contributed by atoms with Crippen LogP contribution in [0.3, 0.4) is 0 Å². The van der Waals surface area contributed by atoms with Crippen LogP contribution in [0.4, 0.5) is 0 Å².